The van der Waals surface area contributed by atoms with E-state index < -0.39 is 6.03 Å². The molecule has 1 aliphatic rings. The molecule has 0 bridgehead atoms. The number of ether oxygens (including phenoxy) is 2. The second-order valence-corrected chi connectivity index (χ2v) is 7.89. The number of fused-ring (bicyclic) bond motifs is 1. The molecule has 0 saturated carbocycles. The molecular weight excluding hydrogens is 382 g/mol. The number of amides is 2. The van der Waals surface area contributed by atoms with E-state index in [4.69, 9.17) is 9.47 Å². The van der Waals surface area contributed by atoms with Crippen LogP contribution in [0.15, 0.2) is 48.5 Å². The van der Waals surface area contributed by atoms with Crippen molar-refractivity contribution in [3.63, 3.8) is 0 Å². The fourth-order valence-electron chi connectivity index (χ4n) is 2.99. The van der Waals surface area contributed by atoms with Gasteiger partial charge in [0, 0.05) is 23.2 Å². The maximum absolute atomic E-state index is 12.7. The predicted octanol–water partition coefficient (Wildman–Crippen LogP) is 4.41. The number of carbonyl (C=O) groups excluding carboxylic acids is 1. The molecule has 2 amide bonds. The highest BCUT2D eigenvalue weighted by molar-refractivity contribution is 5.99. The molecule has 0 saturated heterocycles. The molecule has 0 aliphatic carbocycles. The van der Waals surface area contributed by atoms with Gasteiger partial charge in [0.05, 0.1) is 23.0 Å². The van der Waals surface area contributed by atoms with Gasteiger partial charge in [-0.25, -0.2) is 9.48 Å². The molecule has 2 heterocycles. The van der Waals surface area contributed by atoms with E-state index in [0.29, 0.717) is 34.3 Å². The first-order valence-corrected chi connectivity index (χ1v) is 9.42. The van der Waals surface area contributed by atoms with Crippen LogP contribution in [0.5, 0.6) is 11.5 Å². The zero-order chi connectivity index (χ0) is 21.3. The molecular formula is C22H21N5O3. The molecule has 0 radical (unpaired) electrons. The number of carbonyl (C=O) groups is 1. The molecule has 0 fully saturated rings. The highest BCUT2D eigenvalue weighted by Gasteiger charge is 2.22. The Bertz CT molecular complexity index is 1150. The second-order valence-electron chi connectivity index (χ2n) is 7.89. The number of benzene rings is 2. The van der Waals surface area contributed by atoms with Crippen LogP contribution in [0.1, 0.15) is 32.0 Å². The average Bonchev–Trinajstić information content (AvgIpc) is 3.34. The first kappa shape index (κ1) is 19.3. The van der Waals surface area contributed by atoms with Crippen molar-refractivity contribution in [1.29, 1.82) is 5.26 Å². The van der Waals surface area contributed by atoms with Crippen molar-refractivity contribution in [2.45, 2.75) is 26.2 Å². The van der Waals surface area contributed by atoms with Gasteiger partial charge in [-0.3, -0.25) is 5.32 Å². The largest absolute Gasteiger partial charge is 0.454 e. The van der Waals surface area contributed by atoms with Gasteiger partial charge in [-0.05, 0) is 30.3 Å². The summed E-state index contributed by atoms with van der Waals surface area (Å²) < 4.78 is 12.3. The maximum atomic E-state index is 12.7. The number of rotatable bonds is 3. The Balaban J connectivity index is 1.61. The number of nitriles is 1. The average molecular weight is 403 g/mol. The van der Waals surface area contributed by atoms with E-state index in [9.17, 15) is 10.1 Å². The third kappa shape index (κ3) is 3.91. The number of hydrogen-bond acceptors (Lipinski definition) is 5. The van der Waals surface area contributed by atoms with Crippen LogP contribution in [-0.2, 0) is 5.41 Å². The van der Waals surface area contributed by atoms with Crippen molar-refractivity contribution in [2.75, 3.05) is 17.4 Å². The SMILES string of the molecule is CC(C)(C)c1cc(NC(=O)Nc2ccc3c(c2)OCO3)n(-c2cccc(C#N)c2)n1. The van der Waals surface area contributed by atoms with Crippen LogP contribution in [0, 0.1) is 11.3 Å². The summed E-state index contributed by atoms with van der Waals surface area (Å²) in [5.41, 5.74) is 2.36. The summed E-state index contributed by atoms with van der Waals surface area (Å²) in [6, 6.07) is 15.8. The molecule has 8 nitrogen and oxygen atoms in total. The van der Waals surface area contributed by atoms with Crippen LogP contribution in [0.25, 0.3) is 5.69 Å². The fourth-order valence-corrected chi connectivity index (χ4v) is 2.99. The van der Waals surface area contributed by atoms with Crippen LogP contribution in [-0.4, -0.2) is 22.6 Å². The fraction of sp³-hybridized carbons (Fsp3) is 0.227. The number of hydrogen-bond donors (Lipinski definition) is 2. The summed E-state index contributed by atoms with van der Waals surface area (Å²) in [4.78, 5) is 12.7. The van der Waals surface area contributed by atoms with Gasteiger partial charge < -0.3 is 14.8 Å². The number of urea groups is 1. The molecule has 2 N–H and O–H groups in total. The van der Waals surface area contributed by atoms with Crippen LogP contribution >= 0.6 is 0 Å². The van der Waals surface area contributed by atoms with E-state index in [1.165, 1.54) is 0 Å². The van der Waals surface area contributed by atoms with E-state index in [-0.39, 0.29) is 12.2 Å². The minimum absolute atomic E-state index is 0.168. The van der Waals surface area contributed by atoms with Crippen molar-refractivity contribution >= 4 is 17.5 Å². The summed E-state index contributed by atoms with van der Waals surface area (Å²) in [6.45, 7) is 6.30. The van der Waals surface area contributed by atoms with Crippen molar-refractivity contribution in [2.24, 2.45) is 0 Å². The highest BCUT2D eigenvalue weighted by atomic mass is 16.7. The third-order valence-electron chi connectivity index (χ3n) is 4.57. The van der Waals surface area contributed by atoms with Gasteiger partial charge in [0.25, 0.3) is 0 Å². The summed E-state index contributed by atoms with van der Waals surface area (Å²) in [5, 5.41) is 19.5. The Morgan fingerprint density at radius 3 is 2.67 bits per heavy atom. The Kier molecular flexibility index (Phi) is 4.80. The van der Waals surface area contributed by atoms with Crippen LogP contribution < -0.4 is 20.1 Å². The molecule has 3 aromatic rings. The maximum Gasteiger partial charge on any atom is 0.324 e. The smallest absolute Gasteiger partial charge is 0.324 e. The molecule has 4 rings (SSSR count). The van der Waals surface area contributed by atoms with E-state index >= 15 is 0 Å². The van der Waals surface area contributed by atoms with Crippen LogP contribution in [0.3, 0.4) is 0 Å². The molecule has 0 unspecified atom stereocenters. The molecule has 152 valence electrons. The lowest BCUT2D eigenvalue weighted by Gasteiger charge is -2.14. The summed E-state index contributed by atoms with van der Waals surface area (Å²) in [7, 11) is 0. The topological polar surface area (TPSA) is 101 Å². The van der Waals surface area contributed by atoms with Gasteiger partial charge in [-0.1, -0.05) is 26.8 Å². The van der Waals surface area contributed by atoms with Gasteiger partial charge >= 0.3 is 6.03 Å². The van der Waals surface area contributed by atoms with Gasteiger partial charge in [-0.2, -0.15) is 10.4 Å². The van der Waals surface area contributed by atoms with E-state index in [0.717, 1.165) is 5.69 Å². The quantitative estimate of drug-likeness (QED) is 0.674. The number of nitrogens with zero attached hydrogens (tertiary/aromatic N) is 3. The van der Waals surface area contributed by atoms with E-state index in [2.05, 4.69) is 21.8 Å². The zero-order valence-corrected chi connectivity index (χ0v) is 16.9. The van der Waals surface area contributed by atoms with E-state index in [1.54, 1.807) is 41.1 Å². The monoisotopic (exact) mass is 403 g/mol. The van der Waals surface area contributed by atoms with Gasteiger partial charge in [0.1, 0.15) is 5.82 Å². The Labute approximate surface area is 174 Å². The Hall–Kier alpha value is -3.99. The second kappa shape index (κ2) is 7.44. The molecule has 0 atom stereocenters. The van der Waals surface area contributed by atoms with E-state index in [1.807, 2.05) is 32.9 Å². The predicted molar refractivity (Wildman–Crippen MR) is 112 cm³/mol. The first-order valence-electron chi connectivity index (χ1n) is 9.42. The van der Waals surface area contributed by atoms with Crippen molar-refractivity contribution in [3.8, 4) is 23.3 Å². The minimum Gasteiger partial charge on any atom is -0.454 e. The van der Waals surface area contributed by atoms with Gasteiger partial charge in [0.15, 0.2) is 11.5 Å². The highest BCUT2D eigenvalue weighted by Crippen LogP contribution is 2.34. The standard InChI is InChI=1S/C22H21N5O3/c1-22(2,3)19-11-20(27(26-19)16-6-4-5-14(9-16)12-23)25-21(28)24-15-7-8-17-18(10-15)30-13-29-17/h4-11H,13H2,1-3H3,(H2,24,25,28). The van der Waals surface area contributed by atoms with Crippen LogP contribution in [0.4, 0.5) is 16.3 Å². The number of nitrogens with one attached hydrogen (secondary N) is 2. The normalized spacial score (nSPS) is 12.3. The zero-order valence-electron chi connectivity index (χ0n) is 16.9. The first-order chi connectivity index (χ1) is 14.3. The third-order valence-corrected chi connectivity index (χ3v) is 4.57. The molecule has 8 heteroatoms. The van der Waals surface area contributed by atoms with Crippen LogP contribution in [0.2, 0.25) is 0 Å². The van der Waals surface area contributed by atoms with Crippen molar-refractivity contribution in [1.82, 2.24) is 9.78 Å². The summed E-state index contributed by atoms with van der Waals surface area (Å²) in [6.07, 6.45) is 0. The molecule has 0 spiro atoms. The minimum atomic E-state index is -0.424. The number of anilines is 2. The van der Waals surface area contributed by atoms with Gasteiger partial charge in [-0.15, -0.1) is 0 Å². The molecule has 1 aromatic heterocycles. The lowest BCUT2D eigenvalue weighted by Crippen LogP contribution is -2.21. The molecule has 2 aromatic carbocycles. The van der Waals surface area contributed by atoms with Gasteiger partial charge in [0.2, 0.25) is 6.79 Å². The van der Waals surface area contributed by atoms with Crippen molar-refractivity contribution < 1.29 is 14.3 Å². The lowest BCUT2D eigenvalue weighted by atomic mass is 9.92. The molecule has 30 heavy (non-hydrogen) atoms. The number of aromatic nitrogens is 2. The summed E-state index contributed by atoms with van der Waals surface area (Å²) in [5.74, 6) is 1.72. The molecule has 1 aliphatic heterocycles. The Morgan fingerprint density at radius 2 is 1.90 bits per heavy atom. The Morgan fingerprint density at radius 1 is 1.10 bits per heavy atom. The summed E-state index contributed by atoms with van der Waals surface area (Å²) >= 11 is 0. The van der Waals surface area contributed by atoms with Crippen molar-refractivity contribution in [3.05, 3.63) is 59.8 Å². The lowest BCUT2D eigenvalue weighted by molar-refractivity contribution is 0.174.